The summed E-state index contributed by atoms with van der Waals surface area (Å²) in [5, 5.41) is 12.0. The van der Waals surface area contributed by atoms with Crippen LogP contribution in [0.25, 0.3) is 0 Å². The molecule has 1 heterocycles. The van der Waals surface area contributed by atoms with Crippen LogP contribution in [-0.2, 0) is 11.2 Å². The molecule has 1 aromatic carbocycles. The summed E-state index contributed by atoms with van der Waals surface area (Å²) in [6.07, 6.45) is 4.34. The largest absolute Gasteiger partial charge is 0.481 e. The van der Waals surface area contributed by atoms with Crippen LogP contribution in [0.1, 0.15) is 17.5 Å². The number of carboxylic acid groups (broad SMARTS) is 1. The molecular weight excluding hydrogens is 328 g/mol. The molecule has 6 nitrogen and oxygen atoms in total. The van der Waals surface area contributed by atoms with Crippen molar-refractivity contribution in [2.45, 2.75) is 19.8 Å². The van der Waals surface area contributed by atoms with Crippen molar-refractivity contribution >= 4 is 24.2 Å². The molecule has 0 aliphatic heterocycles. The maximum atomic E-state index is 10.6. The molecule has 0 saturated carbocycles. The Balaban J connectivity index is 1.98. The van der Waals surface area contributed by atoms with E-state index in [1.54, 1.807) is 6.20 Å². The number of carbonyl (C=O) groups is 1. The molecule has 1 aromatic heterocycles. The van der Waals surface area contributed by atoms with Crippen LogP contribution in [0.5, 0.6) is 0 Å². The predicted molar refractivity (Wildman–Crippen MR) is 106 cm³/mol. The third kappa shape index (κ3) is 6.05. The van der Waals surface area contributed by atoms with Crippen molar-refractivity contribution in [2.24, 2.45) is 4.99 Å². The molecule has 0 aliphatic carbocycles. The van der Waals surface area contributed by atoms with E-state index in [1.807, 2.05) is 61.5 Å². The van der Waals surface area contributed by atoms with Crippen LogP contribution >= 0.6 is 0 Å². The first kappa shape index (κ1) is 19.2. The normalized spacial score (nSPS) is 11.1. The number of anilines is 2. The molecule has 2 aromatic rings. The molecule has 0 atom stereocenters. The third-order valence-electron chi connectivity index (χ3n) is 3.88. The summed E-state index contributed by atoms with van der Waals surface area (Å²) >= 11 is 0. The van der Waals surface area contributed by atoms with Gasteiger partial charge in [-0.1, -0.05) is 12.1 Å². The lowest BCUT2D eigenvalue weighted by Crippen LogP contribution is -2.13. The van der Waals surface area contributed by atoms with E-state index in [-0.39, 0.29) is 6.42 Å². The van der Waals surface area contributed by atoms with Gasteiger partial charge in [0.05, 0.1) is 12.2 Å². The Kier molecular flexibility index (Phi) is 6.91. The number of rotatable bonds is 9. The number of nitrogens with zero attached hydrogens (tertiary/aromatic N) is 3. The lowest BCUT2D eigenvalue weighted by Gasteiger charge is -2.16. The highest BCUT2D eigenvalue weighted by atomic mass is 16.4. The van der Waals surface area contributed by atoms with E-state index in [9.17, 15) is 4.79 Å². The molecule has 6 heteroatoms. The molecule has 0 bridgehead atoms. The van der Waals surface area contributed by atoms with Crippen LogP contribution in [0.2, 0.25) is 0 Å². The second-order valence-corrected chi connectivity index (χ2v) is 6.02. The van der Waals surface area contributed by atoms with Crippen molar-refractivity contribution in [2.75, 3.05) is 23.8 Å². The van der Waals surface area contributed by atoms with Crippen LogP contribution in [0.3, 0.4) is 0 Å². The van der Waals surface area contributed by atoms with Gasteiger partial charge in [-0.2, -0.15) is 0 Å². The van der Waals surface area contributed by atoms with Gasteiger partial charge < -0.3 is 15.3 Å². The van der Waals surface area contributed by atoms with Gasteiger partial charge in [0.15, 0.2) is 0 Å². The zero-order valence-corrected chi connectivity index (χ0v) is 15.1. The van der Waals surface area contributed by atoms with Crippen molar-refractivity contribution in [3.63, 3.8) is 0 Å². The summed E-state index contributed by atoms with van der Waals surface area (Å²) in [6.45, 7) is 6.16. The molecule has 0 saturated heterocycles. The summed E-state index contributed by atoms with van der Waals surface area (Å²) in [4.78, 5) is 20.9. The second-order valence-electron chi connectivity index (χ2n) is 6.02. The fourth-order valence-electron chi connectivity index (χ4n) is 2.40. The minimum Gasteiger partial charge on any atom is -0.481 e. The summed E-state index contributed by atoms with van der Waals surface area (Å²) in [5.74, 6) is 0.0106. The number of nitrogens with one attached hydrogen (secondary N) is 1. The number of aromatic nitrogens is 1. The molecule has 2 N–H and O–H groups in total. The second kappa shape index (κ2) is 9.36. The van der Waals surface area contributed by atoms with Gasteiger partial charge >= 0.3 is 5.97 Å². The Morgan fingerprint density at radius 1 is 1.35 bits per heavy atom. The first-order valence-electron chi connectivity index (χ1n) is 8.35. The Bertz CT molecular complexity index is 785. The fourth-order valence-corrected chi connectivity index (χ4v) is 2.40. The van der Waals surface area contributed by atoms with Gasteiger partial charge in [0.1, 0.15) is 5.82 Å². The molecule has 0 spiro atoms. The van der Waals surface area contributed by atoms with Crippen molar-refractivity contribution in [1.82, 2.24) is 4.98 Å². The highest BCUT2D eigenvalue weighted by molar-refractivity contribution is 5.67. The first-order chi connectivity index (χ1) is 12.5. The van der Waals surface area contributed by atoms with Crippen molar-refractivity contribution in [3.8, 4) is 0 Å². The van der Waals surface area contributed by atoms with E-state index in [1.165, 1.54) is 0 Å². The molecule has 0 aliphatic rings. The fraction of sp³-hybridized carbons (Fsp3) is 0.250. The monoisotopic (exact) mass is 352 g/mol. The average molecular weight is 352 g/mol. The Hall–Kier alpha value is -3.15. The predicted octanol–water partition coefficient (Wildman–Crippen LogP) is 3.50. The summed E-state index contributed by atoms with van der Waals surface area (Å²) in [5.41, 5.74) is 3.91. The van der Waals surface area contributed by atoms with Gasteiger partial charge in [0, 0.05) is 31.6 Å². The number of benzene rings is 1. The summed E-state index contributed by atoms with van der Waals surface area (Å²) in [6, 6.07) is 11.7. The molecule has 0 amide bonds. The van der Waals surface area contributed by atoms with E-state index in [0.717, 1.165) is 28.3 Å². The Morgan fingerprint density at radius 3 is 2.69 bits per heavy atom. The van der Waals surface area contributed by atoms with Crippen LogP contribution in [0, 0.1) is 6.92 Å². The van der Waals surface area contributed by atoms with Crippen molar-refractivity contribution in [1.29, 1.82) is 0 Å². The molecule has 2 rings (SSSR count). The number of aliphatic imine (C=N–C) groups is 1. The number of hydrogen-bond donors (Lipinski definition) is 2. The SMILES string of the molecule is C=N/C(=C\N(C)c1ccc(CCC(=O)O)cc1)CNc1cc(C)ccn1. The number of carboxylic acids is 1. The number of pyridine rings is 1. The van der Waals surface area contributed by atoms with Gasteiger partial charge in [0.25, 0.3) is 0 Å². The van der Waals surface area contributed by atoms with E-state index >= 15 is 0 Å². The zero-order chi connectivity index (χ0) is 18.9. The lowest BCUT2D eigenvalue weighted by atomic mass is 10.1. The zero-order valence-electron chi connectivity index (χ0n) is 15.1. The van der Waals surface area contributed by atoms with Crippen LogP contribution in [0.15, 0.2) is 59.5 Å². The van der Waals surface area contributed by atoms with Gasteiger partial charge in [-0.05, 0) is 55.5 Å². The van der Waals surface area contributed by atoms with Crippen molar-refractivity contribution in [3.05, 3.63) is 65.6 Å². The summed E-state index contributed by atoms with van der Waals surface area (Å²) in [7, 11) is 1.93. The van der Waals surface area contributed by atoms with E-state index in [4.69, 9.17) is 5.11 Å². The molecule has 26 heavy (non-hydrogen) atoms. The van der Waals surface area contributed by atoms with E-state index < -0.39 is 5.97 Å². The molecule has 0 unspecified atom stereocenters. The molecular formula is C20H24N4O2. The Morgan fingerprint density at radius 2 is 2.08 bits per heavy atom. The molecule has 136 valence electrons. The number of hydrogen-bond acceptors (Lipinski definition) is 5. The summed E-state index contributed by atoms with van der Waals surface area (Å²) < 4.78 is 0. The maximum Gasteiger partial charge on any atom is 0.303 e. The van der Waals surface area contributed by atoms with E-state index in [0.29, 0.717) is 13.0 Å². The third-order valence-corrected chi connectivity index (χ3v) is 3.88. The molecule has 0 fully saturated rings. The Labute approximate surface area is 153 Å². The van der Waals surface area contributed by atoms with Crippen LogP contribution in [-0.4, -0.2) is 36.4 Å². The number of aliphatic carboxylic acids is 1. The van der Waals surface area contributed by atoms with Crippen molar-refractivity contribution < 1.29 is 9.90 Å². The smallest absolute Gasteiger partial charge is 0.303 e. The van der Waals surface area contributed by atoms with Crippen LogP contribution < -0.4 is 10.2 Å². The first-order valence-corrected chi connectivity index (χ1v) is 8.35. The standard InChI is InChI=1S/C20H24N4O2/c1-15-10-11-22-19(12-15)23-13-17(21-2)14-24(3)18-7-4-16(5-8-18)6-9-20(25)26/h4-5,7-8,10-12,14H,2,6,9,13H2,1,3H3,(H,22,23)(H,25,26)/b17-14-. The highest BCUT2D eigenvalue weighted by Gasteiger charge is 2.03. The van der Waals surface area contributed by atoms with Gasteiger partial charge in [-0.3, -0.25) is 9.79 Å². The van der Waals surface area contributed by atoms with Crippen LogP contribution in [0.4, 0.5) is 11.5 Å². The lowest BCUT2D eigenvalue weighted by molar-refractivity contribution is -0.136. The van der Waals surface area contributed by atoms with Gasteiger partial charge in [-0.15, -0.1) is 0 Å². The van der Waals surface area contributed by atoms with E-state index in [2.05, 4.69) is 22.0 Å². The minimum absolute atomic E-state index is 0.137. The minimum atomic E-state index is -0.786. The molecule has 0 radical (unpaired) electrons. The maximum absolute atomic E-state index is 10.6. The number of aryl methyl sites for hydroxylation is 2. The topological polar surface area (TPSA) is 77.8 Å². The van der Waals surface area contributed by atoms with Gasteiger partial charge in [-0.25, -0.2) is 4.98 Å². The average Bonchev–Trinajstić information content (AvgIpc) is 2.63. The quantitative estimate of drug-likeness (QED) is 0.676. The highest BCUT2D eigenvalue weighted by Crippen LogP contribution is 2.16. The van der Waals surface area contributed by atoms with Gasteiger partial charge in [0.2, 0.25) is 0 Å².